The van der Waals surface area contributed by atoms with Gasteiger partial charge in [-0.25, -0.2) is 13.2 Å². The number of aromatic hydroxyl groups is 1. The van der Waals surface area contributed by atoms with Crippen molar-refractivity contribution in [2.75, 3.05) is 23.8 Å². The Hall–Kier alpha value is -2.97. The number of anilines is 1. The largest absolute Gasteiger partial charge is 0.506 e. The molecule has 168 valence electrons. The fourth-order valence-electron chi connectivity index (χ4n) is 3.17. The van der Waals surface area contributed by atoms with Crippen molar-refractivity contribution in [1.82, 2.24) is 10.2 Å². The minimum absolute atomic E-state index is 0.151. The molecule has 3 atom stereocenters. The number of carbonyl (C=O) groups is 3. The van der Waals surface area contributed by atoms with Crippen LogP contribution in [0.3, 0.4) is 0 Å². The number of rotatable bonds is 7. The lowest BCUT2D eigenvalue weighted by Crippen LogP contribution is -2.71. The van der Waals surface area contributed by atoms with Crippen LogP contribution in [-0.4, -0.2) is 71.8 Å². The van der Waals surface area contributed by atoms with Gasteiger partial charge in [0.1, 0.15) is 29.0 Å². The van der Waals surface area contributed by atoms with Gasteiger partial charge in [-0.05, 0) is 17.7 Å². The third-order valence-electron chi connectivity index (χ3n) is 4.64. The van der Waals surface area contributed by atoms with Crippen LogP contribution in [0, 0.1) is 0 Å². The van der Waals surface area contributed by atoms with Crippen molar-refractivity contribution in [3.8, 4) is 5.75 Å². The van der Waals surface area contributed by atoms with Crippen LogP contribution in [0.1, 0.15) is 11.6 Å². The predicted molar refractivity (Wildman–Crippen MR) is 110 cm³/mol. The van der Waals surface area contributed by atoms with Crippen molar-refractivity contribution in [1.29, 1.82) is 0 Å². The van der Waals surface area contributed by atoms with Gasteiger partial charge in [0, 0.05) is 0 Å². The highest BCUT2D eigenvalue weighted by Crippen LogP contribution is 2.40. The molecule has 2 amide bonds. The van der Waals surface area contributed by atoms with Gasteiger partial charge in [0.05, 0.1) is 24.8 Å². The van der Waals surface area contributed by atoms with Crippen molar-refractivity contribution in [3.63, 3.8) is 0 Å². The summed E-state index contributed by atoms with van der Waals surface area (Å²) in [4.78, 5) is 37.7. The second kappa shape index (κ2) is 8.28. The molecule has 1 aromatic rings. The highest BCUT2D eigenvalue weighted by atomic mass is 32.2. The van der Waals surface area contributed by atoms with Gasteiger partial charge in [0.15, 0.2) is 5.70 Å². The Morgan fingerprint density at radius 1 is 1.39 bits per heavy atom. The maximum atomic E-state index is 12.6. The van der Waals surface area contributed by atoms with E-state index in [1.54, 1.807) is 0 Å². The molecule has 0 saturated carbocycles. The topological polar surface area (TPSA) is 188 Å². The number of methoxy groups -OCH3 is 1. The molecule has 31 heavy (non-hydrogen) atoms. The summed E-state index contributed by atoms with van der Waals surface area (Å²) < 4.78 is 30.0. The number of hydrogen-bond donors (Lipinski definition) is 5. The first-order valence-electron chi connectivity index (χ1n) is 8.76. The molecule has 2 heterocycles. The van der Waals surface area contributed by atoms with E-state index in [2.05, 4.69) is 10.0 Å². The van der Waals surface area contributed by atoms with Gasteiger partial charge in [-0.2, -0.15) is 0 Å². The van der Waals surface area contributed by atoms with Crippen LogP contribution in [0.25, 0.3) is 0 Å². The summed E-state index contributed by atoms with van der Waals surface area (Å²) in [5.74, 6) is -2.65. The summed E-state index contributed by atoms with van der Waals surface area (Å²) in [5, 5.41) is 21.1. The van der Waals surface area contributed by atoms with Gasteiger partial charge in [0.2, 0.25) is 15.9 Å². The predicted octanol–water partition coefficient (Wildman–Crippen LogP) is -0.894. The Labute approximate surface area is 181 Å². The molecule has 1 fully saturated rings. The molecule has 2 aliphatic rings. The highest BCUT2D eigenvalue weighted by Gasteiger charge is 2.55. The van der Waals surface area contributed by atoms with Gasteiger partial charge in [-0.3, -0.25) is 19.2 Å². The van der Waals surface area contributed by atoms with E-state index in [9.17, 15) is 33.0 Å². The standard InChI is InChI=1S/C17H20N4O8S2/c1-29-10-6-30-16-12(15(24)21(16)13(10)17(25)26)19-14(23)11(18)7-3-4-9(22)8(5-7)20-31(2,27)28/h3-5,11-12,16,20,22H,6,18H2,1-2H3,(H,19,23)(H,25,26)/t11?,12-,16-/m1/s1. The minimum atomic E-state index is -3.68. The Morgan fingerprint density at radius 2 is 2.06 bits per heavy atom. The lowest BCUT2D eigenvalue weighted by molar-refractivity contribution is -0.151. The zero-order chi connectivity index (χ0) is 23.1. The van der Waals surface area contributed by atoms with Crippen molar-refractivity contribution >= 4 is 45.3 Å². The lowest BCUT2D eigenvalue weighted by atomic mass is 10.0. The zero-order valence-corrected chi connectivity index (χ0v) is 18.0. The minimum Gasteiger partial charge on any atom is -0.506 e. The van der Waals surface area contributed by atoms with Crippen molar-refractivity contribution in [2.45, 2.75) is 17.5 Å². The summed E-state index contributed by atoms with van der Waals surface area (Å²) in [5.41, 5.74) is 5.73. The molecule has 0 radical (unpaired) electrons. The van der Waals surface area contributed by atoms with E-state index in [0.717, 1.165) is 11.2 Å². The number of fused-ring (bicyclic) bond motifs is 1. The van der Waals surface area contributed by atoms with Gasteiger partial charge >= 0.3 is 5.97 Å². The second-order valence-electron chi connectivity index (χ2n) is 6.81. The van der Waals surface area contributed by atoms with Crippen LogP contribution in [0.4, 0.5) is 5.69 Å². The SMILES string of the molecule is COC1=C(C(=O)O)N2C(=O)[C@@H](NC(=O)C(N)c3ccc(O)c(NS(C)(=O)=O)c3)[C@H]2SC1. The lowest BCUT2D eigenvalue weighted by Gasteiger charge is -2.49. The van der Waals surface area contributed by atoms with E-state index >= 15 is 0 Å². The van der Waals surface area contributed by atoms with Crippen molar-refractivity contribution in [2.24, 2.45) is 5.73 Å². The number of nitrogens with zero attached hydrogens (tertiary/aromatic N) is 1. The third-order valence-corrected chi connectivity index (χ3v) is 6.48. The van der Waals surface area contributed by atoms with Crippen molar-refractivity contribution in [3.05, 3.63) is 35.2 Å². The molecule has 14 heteroatoms. The van der Waals surface area contributed by atoms with E-state index in [1.165, 1.54) is 37.1 Å². The molecule has 1 saturated heterocycles. The van der Waals surface area contributed by atoms with E-state index in [4.69, 9.17) is 10.5 Å². The van der Waals surface area contributed by atoms with E-state index in [1.807, 2.05) is 0 Å². The molecule has 6 N–H and O–H groups in total. The number of amides is 2. The molecule has 3 rings (SSSR count). The summed E-state index contributed by atoms with van der Waals surface area (Å²) in [6.45, 7) is 0. The molecule has 0 aromatic heterocycles. The average Bonchev–Trinajstić information content (AvgIpc) is 2.70. The molecule has 0 aliphatic carbocycles. The van der Waals surface area contributed by atoms with Crippen molar-refractivity contribution < 1.29 is 37.8 Å². The smallest absolute Gasteiger partial charge is 0.356 e. The number of β-lactam (4-membered cyclic amide) rings is 1. The van der Waals surface area contributed by atoms with Gasteiger partial charge in [-0.1, -0.05) is 6.07 Å². The van der Waals surface area contributed by atoms with Crippen LogP contribution < -0.4 is 15.8 Å². The van der Waals surface area contributed by atoms with Crippen LogP contribution in [0.15, 0.2) is 29.7 Å². The van der Waals surface area contributed by atoms with Crippen LogP contribution in [0.2, 0.25) is 0 Å². The van der Waals surface area contributed by atoms with E-state index < -0.39 is 45.3 Å². The maximum absolute atomic E-state index is 12.6. The maximum Gasteiger partial charge on any atom is 0.356 e. The number of thioether (sulfide) groups is 1. The Balaban J connectivity index is 1.75. The summed E-state index contributed by atoms with van der Waals surface area (Å²) >= 11 is 1.23. The number of carbonyl (C=O) groups excluding carboxylic acids is 2. The van der Waals surface area contributed by atoms with Gasteiger partial charge in [-0.15, -0.1) is 11.8 Å². The number of nitrogens with one attached hydrogen (secondary N) is 2. The number of hydrogen-bond acceptors (Lipinski definition) is 9. The number of benzene rings is 1. The molecular formula is C17H20N4O8S2. The molecular weight excluding hydrogens is 452 g/mol. The number of phenols is 1. The number of carboxylic acids is 1. The molecule has 0 spiro atoms. The quantitative estimate of drug-likeness (QED) is 0.246. The number of sulfonamides is 1. The number of ether oxygens (including phenoxy) is 1. The molecule has 1 aromatic carbocycles. The van der Waals surface area contributed by atoms with Gasteiger partial charge in [0.25, 0.3) is 5.91 Å². The van der Waals surface area contributed by atoms with E-state index in [0.29, 0.717) is 0 Å². The summed E-state index contributed by atoms with van der Waals surface area (Å²) in [6.07, 6.45) is 0.899. The number of aliphatic carboxylic acids is 1. The normalized spacial score (nSPS) is 21.6. The number of nitrogens with two attached hydrogens (primary N) is 1. The molecule has 0 bridgehead atoms. The molecule has 2 aliphatic heterocycles. The first-order chi connectivity index (χ1) is 14.4. The third kappa shape index (κ3) is 4.40. The fraction of sp³-hybridized carbons (Fsp3) is 0.353. The Kier molecular flexibility index (Phi) is 6.07. The Morgan fingerprint density at radius 3 is 2.65 bits per heavy atom. The first kappa shape index (κ1) is 22.7. The monoisotopic (exact) mass is 472 g/mol. The summed E-state index contributed by atoms with van der Waals surface area (Å²) in [7, 11) is -2.37. The van der Waals surface area contributed by atoms with E-state index in [-0.39, 0.29) is 34.2 Å². The second-order valence-corrected chi connectivity index (χ2v) is 9.66. The van der Waals surface area contributed by atoms with Gasteiger partial charge < -0.3 is 26.0 Å². The fourth-order valence-corrected chi connectivity index (χ4v) is 5.05. The molecule has 12 nitrogen and oxygen atoms in total. The molecule has 1 unspecified atom stereocenters. The summed E-state index contributed by atoms with van der Waals surface area (Å²) in [6, 6.07) is 1.47. The zero-order valence-electron chi connectivity index (χ0n) is 16.4. The number of carboxylic acid groups (broad SMARTS) is 1. The number of phenolic OH excluding ortho intramolecular Hbond substituents is 1. The first-order valence-corrected chi connectivity index (χ1v) is 11.7. The van der Waals surface area contributed by atoms with Crippen LogP contribution in [-0.2, 0) is 29.1 Å². The Bertz CT molecular complexity index is 1090. The highest BCUT2D eigenvalue weighted by molar-refractivity contribution is 8.00. The van der Waals surface area contributed by atoms with Crippen LogP contribution >= 0.6 is 11.8 Å². The average molecular weight is 473 g/mol. The van der Waals surface area contributed by atoms with Crippen LogP contribution in [0.5, 0.6) is 5.75 Å².